The molecule has 2 unspecified atom stereocenters. The number of ether oxygens (including phenoxy) is 1. The Bertz CT molecular complexity index is 588. The molecule has 2 N–H and O–H groups in total. The molecule has 4 nitrogen and oxygen atoms in total. The summed E-state index contributed by atoms with van der Waals surface area (Å²) < 4.78 is 5.92. The molecule has 2 fully saturated rings. The molecule has 1 aromatic carbocycles. The van der Waals surface area contributed by atoms with Crippen LogP contribution < -0.4 is 15.4 Å². The van der Waals surface area contributed by atoms with Gasteiger partial charge in [-0.2, -0.15) is 0 Å². The van der Waals surface area contributed by atoms with E-state index in [0.717, 1.165) is 18.6 Å². The minimum atomic E-state index is 0. The van der Waals surface area contributed by atoms with Crippen LogP contribution in [0.3, 0.4) is 0 Å². The first-order chi connectivity index (χ1) is 11.9. The van der Waals surface area contributed by atoms with Gasteiger partial charge in [0.2, 0.25) is 5.91 Å². The minimum Gasteiger partial charge on any atom is -0.491 e. The number of para-hydroxylation sites is 1. The van der Waals surface area contributed by atoms with E-state index in [1.807, 2.05) is 18.2 Å². The molecule has 0 spiro atoms. The van der Waals surface area contributed by atoms with E-state index in [1.54, 1.807) is 0 Å². The molecule has 5 heteroatoms. The molecule has 2 bridgehead atoms. The third kappa shape index (κ3) is 5.62. The summed E-state index contributed by atoms with van der Waals surface area (Å²) in [5.41, 5.74) is 1.25. The minimum absolute atomic E-state index is 0. The zero-order valence-electron chi connectivity index (χ0n) is 16.2. The number of piperidine rings is 1. The van der Waals surface area contributed by atoms with Crippen LogP contribution in [0.1, 0.15) is 58.4 Å². The third-order valence-corrected chi connectivity index (χ3v) is 5.42. The number of hydrogen-bond donors (Lipinski definition) is 2. The van der Waals surface area contributed by atoms with Gasteiger partial charge in [-0.05, 0) is 48.6 Å². The SMILES string of the molecule is CC(C)(C)c1ccccc1OCCNC(=O)CC1CC2CCC(C1)N2.Cl. The Balaban J connectivity index is 0.00000243. The van der Waals surface area contributed by atoms with Gasteiger partial charge in [0.05, 0.1) is 6.54 Å². The Morgan fingerprint density at radius 1 is 1.19 bits per heavy atom. The molecule has 26 heavy (non-hydrogen) atoms. The average molecular weight is 381 g/mol. The molecule has 2 aliphatic rings. The predicted octanol–water partition coefficient (Wildman–Crippen LogP) is 3.82. The fourth-order valence-corrected chi connectivity index (χ4v) is 4.24. The van der Waals surface area contributed by atoms with Crippen LogP contribution in [0.5, 0.6) is 5.75 Å². The highest BCUT2D eigenvalue weighted by molar-refractivity contribution is 5.85. The van der Waals surface area contributed by atoms with Crippen LogP contribution in [0.15, 0.2) is 24.3 Å². The monoisotopic (exact) mass is 380 g/mol. The first kappa shape index (κ1) is 21.0. The van der Waals surface area contributed by atoms with Crippen LogP contribution >= 0.6 is 12.4 Å². The molecule has 146 valence electrons. The molecule has 2 heterocycles. The van der Waals surface area contributed by atoms with E-state index >= 15 is 0 Å². The lowest BCUT2D eigenvalue weighted by atomic mass is 9.86. The van der Waals surface area contributed by atoms with Gasteiger partial charge in [-0.3, -0.25) is 4.79 Å². The molecule has 2 aliphatic heterocycles. The number of hydrogen-bond acceptors (Lipinski definition) is 3. The van der Waals surface area contributed by atoms with Gasteiger partial charge in [-0.25, -0.2) is 0 Å². The van der Waals surface area contributed by atoms with Crippen LogP contribution in [-0.4, -0.2) is 31.1 Å². The average Bonchev–Trinajstić information content (AvgIpc) is 2.90. The van der Waals surface area contributed by atoms with E-state index in [9.17, 15) is 4.79 Å². The van der Waals surface area contributed by atoms with E-state index in [2.05, 4.69) is 37.5 Å². The lowest BCUT2D eigenvalue weighted by Crippen LogP contribution is -2.40. The summed E-state index contributed by atoms with van der Waals surface area (Å²) >= 11 is 0. The first-order valence-corrected chi connectivity index (χ1v) is 9.67. The molecule has 3 rings (SSSR count). The Hall–Kier alpha value is -1.26. The van der Waals surface area contributed by atoms with Gasteiger partial charge in [-0.15, -0.1) is 12.4 Å². The van der Waals surface area contributed by atoms with Crippen molar-refractivity contribution in [3.8, 4) is 5.75 Å². The van der Waals surface area contributed by atoms with E-state index in [4.69, 9.17) is 4.74 Å². The molecule has 2 atom stereocenters. The van der Waals surface area contributed by atoms with E-state index in [-0.39, 0.29) is 23.7 Å². The lowest BCUT2D eigenvalue weighted by molar-refractivity contribution is -0.122. The Morgan fingerprint density at radius 3 is 2.50 bits per heavy atom. The molecule has 0 aromatic heterocycles. The Kier molecular flexibility index (Phi) is 7.36. The van der Waals surface area contributed by atoms with Crippen molar-refractivity contribution in [2.24, 2.45) is 5.92 Å². The topological polar surface area (TPSA) is 50.4 Å². The predicted molar refractivity (Wildman–Crippen MR) is 108 cm³/mol. The van der Waals surface area contributed by atoms with Crippen molar-refractivity contribution in [2.75, 3.05) is 13.2 Å². The van der Waals surface area contributed by atoms with Crippen LogP contribution in [0.4, 0.5) is 0 Å². The van der Waals surface area contributed by atoms with Gasteiger partial charge in [-0.1, -0.05) is 39.0 Å². The Labute approximate surface area is 163 Å². The van der Waals surface area contributed by atoms with Crippen molar-refractivity contribution < 1.29 is 9.53 Å². The first-order valence-electron chi connectivity index (χ1n) is 9.67. The summed E-state index contributed by atoms with van der Waals surface area (Å²) in [7, 11) is 0. The van der Waals surface area contributed by atoms with E-state index in [1.165, 1.54) is 18.4 Å². The summed E-state index contributed by atoms with van der Waals surface area (Å²) in [6.45, 7) is 7.63. The number of carbonyl (C=O) groups is 1. The van der Waals surface area contributed by atoms with Gasteiger partial charge in [0.1, 0.15) is 12.4 Å². The maximum absolute atomic E-state index is 12.2. The van der Waals surface area contributed by atoms with Crippen LogP contribution in [-0.2, 0) is 10.2 Å². The second-order valence-corrected chi connectivity index (χ2v) is 8.62. The molecule has 2 saturated heterocycles. The van der Waals surface area contributed by atoms with Crippen molar-refractivity contribution in [3.05, 3.63) is 29.8 Å². The van der Waals surface area contributed by atoms with Crippen LogP contribution in [0.25, 0.3) is 0 Å². The maximum Gasteiger partial charge on any atom is 0.220 e. The maximum atomic E-state index is 12.2. The molecule has 0 radical (unpaired) electrons. The number of carbonyl (C=O) groups excluding carboxylic acids is 1. The van der Waals surface area contributed by atoms with Crippen molar-refractivity contribution in [3.63, 3.8) is 0 Å². The van der Waals surface area contributed by atoms with Crippen molar-refractivity contribution in [1.82, 2.24) is 10.6 Å². The largest absolute Gasteiger partial charge is 0.491 e. The number of nitrogens with one attached hydrogen (secondary N) is 2. The molecule has 0 aliphatic carbocycles. The van der Waals surface area contributed by atoms with E-state index < -0.39 is 0 Å². The number of benzene rings is 1. The Morgan fingerprint density at radius 2 is 1.85 bits per heavy atom. The number of rotatable bonds is 6. The molecule has 0 saturated carbocycles. The molecule has 1 amide bonds. The molecular weight excluding hydrogens is 348 g/mol. The highest BCUT2D eigenvalue weighted by Gasteiger charge is 2.34. The molecule has 1 aromatic rings. The summed E-state index contributed by atoms with van der Waals surface area (Å²) in [4.78, 5) is 12.2. The van der Waals surface area contributed by atoms with Crippen molar-refractivity contribution in [2.45, 2.75) is 70.4 Å². The van der Waals surface area contributed by atoms with Gasteiger partial charge >= 0.3 is 0 Å². The smallest absolute Gasteiger partial charge is 0.220 e. The van der Waals surface area contributed by atoms with Gasteiger partial charge < -0.3 is 15.4 Å². The van der Waals surface area contributed by atoms with Gasteiger partial charge in [0.25, 0.3) is 0 Å². The summed E-state index contributed by atoms with van der Waals surface area (Å²) in [6.07, 6.45) is 5.53. The highest BCUT2D eigenvalue weighted by Crippen LogP contribution is 2.33. The lowest BCUT2D eigenvalue weighted by Gasteiger charge is -2.28. The zero-order chi connectivity index (χ0) is 17.9. The normalized spacial score (nSPS) is 24.7. The van der Waals surface area contributed by atoms with Gasteiger partial charge in [0, 0.05) is 18.5 Å². The number of halogens is 1. The fraction of sp³-hybridized carbons (Fsp3) is 0.667. The quantitative estimate of drug-likeness (QED) is 0.737. The fourth-order valence-electron chi connectivity index (χ4n) is 4.24. The second-order valence-electron chi connectivity index (χ2n) is 8.62. The molecular formula is C21H33ClN2O2. The zero-order valence-corrected chi connectivity index (χ0v) is 17.0. The number of amides is 1. The van der Waals surface area contributed by atoms with E-state index in [0.29, 0.717) is 37.6 Å². The summed E-state index contributed by atoms with van der Waals surface area (Å²) in [5, 5.41) is 6.65. The third-order valence-electron chi connectivity index (χ3n) is 5.42. The summed E-state index contributed by atoms with van der Waals surface area (Å²) in [5.74, 6) is 1.62. The number of fused-ring (bicyclic) bond motifs is 2. The second kappa shape index (κ2) is 9.09. The highest BCUT2D eigenvalue weighted by atomic mass is 35.5. The van der Waals surface area contributed by atoms with Crippen molar-refractivity contribution in [1.29, 1.82) is 0 Å². The van der Waals surface area contributed by atoms with Gasteiger partial charge in [0.15, 0.2) is 0 Å². The standard InChI is InChI=1S/C21H32N2O2.ClH/c1-21(2,3)18-6-4-5-7-19(18)25-11-10-22-20(24)14-15-12-16-8-9-17(13-15)23-16;/h4-7,15-17,23H,8-14H2,1-3H3,(H,22,24);1H. The van der Waals surface area contributed by atoms with Crippen LogP contribution in [0.2, 0.25) is 0 Å². The van der Waals surface area contributed by atoms with Crippen LogP contribution in [0, 0.1) is 5.92 Å². The van der Waals surface area contributed by atoms with Crippen molar-refractivity contribution >= 4 is 18.3 Å². The summed E-state index contributed by atoms with van der Waals surface area (Å²) in [6, 6.07) is 9.45.